The van der Waals surface area contributed by atoms with Crippen LogP contribution in [0.15, 0.2) is 47.8 Å². The van der Waals surface area contributed by atoms with E-state index in [0.29, 0.717) is 24.3 Å². The van der Waals surface area contributed by atoms with Crippen LogP contribution in [0.1, 0.15) is 35.0 Å². The molecular formula is C19H18N4OS. The summed E-state index contributed by atoms with van der Waals surface area (Å²) in [7, 11) is 0. The van der Waals surface area contributed by atoms with Crippen LogP contribution in [0.4, 0.5) is 0 Å². The number of hydrogen-bond acceptors (Lipinski definition) is 4. The van der Waals surface area contributed by atoms with Crippen molar-refractivity contribution >= 4 is 17.2 Å². The molecule has 126 valence electrons. The van der Waals surface area contributed by atoms with Crippen molar-refractivity contribution in [3.8, 4) is 16.6 Å². The van der Waals surface area contributed by atoms with Gasteiger partial charge in [0.2, 0.25) is 0 Å². The molecule has 0 bridgehead atoms. The summed E-state index contributed by atoms with van der Waals surface area (Å²) < 4.78 is 0. The van der Waals surface area contributed by atoms with Crippen LogP contribution in [-0.4, -0.2) is 27.5 Å². The molecule has 1 N–H and O–H groups in total. The third-order valence-corrected chi connectivity index (χ3v) is 4.72. The average Bonchev–Trinajstić information content (AvgIpc) is 3.32. The normalized spacial score (nSPS) is 10.4. The number of carbonyl (C=O) groups is 1. The second kappa shape index (κ2) is 7.77. The highest BCUT2D eigenvalue weighted by atomic mass is 32.1. The van der Waals surface area contributed by atoms with Crippen molar-refractivity contribution in [2.75, 3.05) is 6.54 Å². The fourth-order valence-corrected chi connectivity index (χ4v) is 3.27. The molecule has 1 aromatic carbocycles. The van der Waals surface area contributed by atoms with Gasteiger partial charge >= 0.3 is 0 Å². The summed E-state index contributed by atoms with van der Waals surface area (Å²) in [5, 5.41) is 18.0. The summed E-state index contributed by atoms with van der Waals surface area (Å²) in [6.07, 6.45) is 0.865. The van der Waals surface area contributed by atoms with Gasteiger partial charge in [-0.1, -0.05) is 25.1 Å². The Morgan fingerprint density at radius 1 is 1.32 bits per heavy atom. The number of nitrogens with zero attached hydrogens (tertiary/aromatic N) is 3. The van der Waals surface area contributed by atoms with Gasteiger partial charge in [0.15, 0.2) is 5.69 Å². The number of nitrogens with one attached hydrogen (secondary N) is 1. The molecule has 1 amide bonds. The monoisotopic (exact) mass is 350 g/mol. The van der Waals surface area contributed by atoms with Gasteiger partial charge < -0.3 is 4.90 Å². The molecule has 0 aliphatic heterocycles. The SMILES string of the molecule is CCCN(Cc1ccc(C#N)cc1)C(=O)c1cc(-c2cccs2)[nH]n1. The highest BCUT2D eigenvalue weighted by Crippen LogP contribution is 2.23. The van der Waals surface area contributed by atoms with E-state index < -0.39 is 0 Å². The van der Waals surface area contributed by atoms with Gasteiger partial charge in [0.25, 0.3) is 5.91 Å². The first-order valence-electron chi connectivity index (χ1n) is 8.09. The smallest absolute Gasteiger partial charge is 0.274 e. The van der Waals surface area contributed by atoms with Crippen molar-refractivity contribution in [3.05, 3.63) is 64.7 Å². The first kappa shape index (κ1) is 16.9. The van der Waals surface area contributed by atoms with Crippen molar-refractivity contribution < 1.29 is 4.79 Å². The van der Waals surface area contributed by atoms with Crippen LogP contribution in [0.5, 0.6) is 0 Å². The van der Waals surface area contributed by atoms with E-state index in [9.17, 15) is 4.79 Å². The fraction of sp³-hybridized carbons (Fsp3) is 0.211. The number of carbonyl (C=O) groups excluding carboxylic acids is 1. The third-order valence-electron chi connectivity index (χ3n) is 3.82. The minimum atomic E-state index is -0.0923. The van der Waals surface area contributed by atoms with Gasteiger partial charge in [0.1, 0.15) is 0 Å². The van der Waals surface area contributed by atoms with Crippen molar-refractivity contribution in [3.63, 3.8) is 0 Å². The number of nitriles is 1. The molecule has 0 aliphatic carbocycles. The van der Waals surface area contributed by atoms with Crippen LogP contribution >= 0.6 is 11.3 Å². The molecule has 0 unspecified atom stereocenters. The van der Waals surface area contributed by atoms with Crippen LogP contribution in [0.25, 0.3) is 10.6 Å². The Balaban J connectivity index is 1.77. The van der Waals surface area contributed by atoms with Crippen LogP contribution < -0.4 is 0 Å². The summed E-state index contributed by atoms with van der Waals surface area (Å²) in [6, 6.07) is 15.2. The Morgan fingerprint density at radius 3 is 2.76 bits per heavy atom. The molecule has 0 atom stereocenters. The van der Waals surface area contributed by atoms with Gasteiger partial charge in [-0.05, 0) is 41.6 Å². The minimum Gasteiger partial charge on any atom is -0.333 e. The zero-order valence-corrected chi connectivity index (χ0v) is 14.7. The van der Waals surface area contributed by atoms with Gasteiger partial charge in [0, 0.05) is 13.1 Å². The number of aromatic amines is 1. The molecule has 0 fully saturated rings. The van der Waals surface area contributed by atoms with Crippen LogP contribution in [0.2, 0.25) is 0 Å². The Kier molecular flexibility index (Phi) is 5.26. The Labute approximate surface area is 150 Å². The van der Waals surface area contributed by atoms with Gasteiger partial charge in [-0.2, -0.15) is 10.4 Å². The number of rotatable bonds is 6. The fourth-order valence-electron chi connectivity index (χ4n) is 2.58. The third kappa shape index (κ3) is 3.95. The van der Waals surface area contributed by atoms with Gasteiger partial charge in [0.05, 0.1) is 22.2 Å². The summed E-state index contributed by atoms with van der Waals surface area (Å²) >= 11 is 1.60. The predicted octanol–water partition coefficient (Wildman–Crippen LogP) is 4.06. The molecule has 2 heterocycles. The second-order valence-corrected chi connectivity index (χ2v) is 6.63. The van der Waals surface area contributed by atoms with E-state index in [1.165, 1.54) is 0 Å². The largest absolute Gasteiger partial charge is 0.333 e. The van der Waals surface area contributed by atoms with E-state index in [1.807, 2.05) is 36.6 Å². The lowest BCUT2D eigenvalue weighted by Gasteiger charge is -2.21. The first-order valence-corrected chi connectivity index (χ1v) is 8.97. The number of hydrogen-bond donors (Lipinski definition) is 1. The summed E-state index contributed by atoms with van der Waals surface area (Å²) in [5.74, 6) is -0.0923. The maximum atomic E-state index is 12.8. The average molecular weight is 350 g/mol. The Bertz CT molecular complexity index is 875. The molecule has 3 aromatic rings. The maximum Gasteiger partial charge on any atom is 0.274 e. The standard InChI is InChI=1S/C19H18N4OS/c1-2-9-23(13-15-7-5-14(12-20)6-8-15)19(24)17-11-16(21-22-17)18-4-3-10-25-18/h3-8,10-11H,2,9,13H2,1H3,(H,21,22). The quantitative estimate of drug-likeness (QED) is 0.728. The number of amides is 1. The highest BCUT2D eigenvalue weighted by Gasteiger charge is 2.19. The van der Waals surface area contributed by atoms with Crippen LogP contribution in [0.3, 0.4) is 0 Å². The molecule has 3 rings (SSSR count). The molecule has 0 aliphatic rings. The molecule has 0 radical (unpaired) electrons. The number of aromatic nitrogens is 2. The number of H-pyrrole nitrogens is 1. The summed E-state index contributed by atoms with van der Waals surface area (Å²) in [4.78, 5) is 15.7. The lowest BCUT2D eigenvalue weighted by atomic mass is 10.1. The number of thiophene rings is 1. The summed E-state index contributed by atoms with van der Waals surface area (Å²) in [5.41, 5.74) is 2.89. The van der Waals surface area contributed by atoms with E-state index in [1.54, 1.807) is 34.4 Å². The summed E-state index contributed by atoms with van der Waals surface area (Å²) in [6.45, 7) is 3.19. The van der Waals surface area contributed by atoms with Crippen molar-refractivity contribution in [1.82, 2.24) is 15.1 Å². The Morgan fingerprint density at radius 2 is 2.12 bits per heavy atom. The van der Waals surface area contributed by atoms with E-state index in [2.05, 4.69) is 16.3 Å². The van der Waals surface area contributed by atoms with Crippen molar-refractivity contribution in [1.29, 1.82) is 5.26 Å². The minimum absolute atomic E-state index is 0.0923. The second-order valence-electron chi connectivity index (χ2n) is 5.68. The Hall–Kier alpha value is -2.91. The van der Waals surface area contributed by atoms with Gasteiger partial charge in [-0.15, -0.1) is 11.3 Å². The van der Waals surface area contributed by atoms with E-state index in [-0.39, 0.29) is 5.91 Å². The maximum absolute atomic E-state index is 12.8. The predicted molar refractivity (Wildman–Crippen MR) is 98.1 cm³/mol. The molecule has 5 nitrogen and oxygen atoms in total. The van der Waals surface area contributed by atoms with Gasteiger partial charge in [-0.25, -0.2) is 0 Å². The van der Waals surface area contributed by atoms with Crippen LogP contribution in [-0.2, 0) is 6.54 Å². The van der Waals surface area contributed by atoms with E-state index >= 15 is 0 Å². The lowest BCUT2D eigenvalue weighted by molar-refractivity contribution is 0.0737. The molecule has 0 spiro atoms. The zero-order chi connectivity index (χ0) is 17.6. The van der Waals surface area contributed by atoms with E-state index in [4.69, 9.17) is 5.26 Å². The molecular weight excluding hydrogens is 332 g/mol. The van der Waals surface area contributed by atoms with Crippen molar-refractivity contribution in [2.24, 2.45) is 0 Å². The van der Waals surface area contributed by atoms with Gasteiger partial charge in [-0.3, -0.25) is 9.89 Å². The lowest BCUT2D eigenvalue weighted by Crippen LogP contribution is -2.31. The van der Waals surface area contributed by atoms with Crippen molar-refractivity contribution in [2.45, 2.75) is 19.9 Å². The molecule has 6 heteroatoms. The molecule has 0 saturated carbocycles. The molecule has 25 heavy (non-hydrogen) atoms. The topological polar surface area (TPSA) is 72.8 Å². The first-order chi connectivity index (χ1) is 12.2. The zero-order valence-electron chi connectivity index (χ0n) is 13.9. The van der Waals surface area contributed by atoms with E-state index in [0.717, 1.165) is 22.6 Å². The highest BCUT2D eigenvalue weighted by molar-refractivity contribution is 7.13. The molecule has 2 aromatic heterocycles. The van der Waals surface area contributed by atoms with Crippen LogP contribution in [0, 0.1) is 11.3 Å². The molecule has 0 saturated heterocycles. The number of benzene rings is 1.